The quantitative estimate of drug-likeness (QED) is 0.00715. The first-order chi connectivity index (χ1) is 58.1. The van der Waals surface area contributed by atoms with Crippen LogP contribution in [0, 0.1) is 0 Å². The van der Waals surface area contributed by atoms with Gasteiger partial charge in [-0.1, -0.05) is 18.2 Å². The normalized spacial score (nSPS) is 33.8. The molecule has 6 saturated heterocycles. The first-order valence-corrected chi connectivity index (χ1v) is 37.3. The van der Waals surface area contributed by atoms with Crippen LogP contribution >= 0.6 is 0 Å². The molecule has 29 atom stereocenters. The van der Waals surface area contributed by atoms with Crippen molar-refractivity contribution >= 4 is 47.1 Å². The van der Waals surface area contributed by atoms with Crippen molar-refractivity contribution in [1.82, 2.24) is 0 Å². The zero-order chi connectivity index (χ0) is 88.0. The van der Waals surface area contributed by atoms with Gasteiger partial charge in [-0.05, 0) is 83.4 Å². The highest BCUT2D eigenvalue weighted by Crippen LogP contribution is 2.45. The first kappa shape index (κ1) is 91.1. The lowest BCUT2D eigenvalue weighted by Crippen LogP contribution is -2.64. The fraction of sp³-hybridized carbons (Fsp3) is 0.462. The lowest BCUT2D eigenvalue weighted by molar-refractivity contribution is -0.345. The van der Waals surface area contributed by atoms with Crippen molar-refractivity contribution in [2.45, 2.75) is 178 Å². The summed E-state index contributed by atoms with van der Waals surface area (Å²) in [5, 5.41) is 256. The zero-order valence-electron chi connectivity index (χ0n) is 63.5. The van der Waals surface area contributed by atoms with Gasteiger partial charge < -0.3 is 198 Å². The van der Waals surface area contributed by atoms with Gasteiger partial charge in [-0.25, -0.2) is 18.8 Å². The van der Waals surface area contributed by atoms with Gasteiger partial charge in [-0.15, -0.1) is 0 Å². The highest BCUT2D eigenvalue weighted by Gasteiger charge is 2.54. The third kappa shape index (κ3) is 20.5. The second-order valence-electron chi connectivity index (χ2n) is 28.6. The Morgan fingerprint density at radius 2 is 0.811 bits per heavy atom. The molecular formula is C78H89O44+. The number of phenolic OH excluding ortho intramolecular Hbond substituents is 5. The summed E-state index contributed by atoms with van der Waals surface area (Å²) in [5.41, 5.74) is 0.0477. The van der Waals surface area contributed by atoms with Crippen LogP contribution in [-0.2, 0) is 61.8 Å². The van der Waals surface area contributed by atoms with Crippen LogP contribution in [0.25, 0.3) is 40.5 Å². The van der Waals surface area contributed by atoms with E-state index in [1.807, 2.05) is 0 Å². The number of carbonyl (C=O) groups is 3. The standard InChI is InChI=1S/C78H88O44/c1-106-45-18-31(4-12-42(45)113-75-67(103)62(98)57(93)48(24-80)117-75)6-14-53(89)108-28-51-60(96)65(101)72(78(120-51)115-46-22-34-43(110-70(46)32-8-9-35(83)36(84)19-32)20-33(82)21-44(34)114-76-68(104)63(99)58(94)49(25-81)118-76)122-77-71(55(91)39(87)26-109-77)121-54(90)15-7-30-3-11-41(38(86)17-30)112-74-69(105)64(100)59(95)50(119-74)27-107-52(88)13-5-29-2-10-40(37(85)16-29)111-73-66(102)61(97)56(92)47(23-79)116-73/h2-22,39,47-51,55-69,71-81,87,91-105H,23-28H2,1H3,(H4-,82,83,84,85,86)/p+1/b13-5+,14-6+,15-7+/t39-,47-,48-,49-,50-,51-,55+,56-,57-,58-,59-,60-,61+,62+,63+,64+,65+,66-,67-,68-,69-,71-,72-,73-,74-,75-,76-,77+,78-/m1/s1. The van der Waals surface area contributed by atoms with Gasteiger partial charge in [0.2, 0.25) is 37.2 Å². The molecule has 0 spiro atoms. The molecule has 6 aliphatic heterocycles. The molecule has 7 heterocycles. The third-order valence-corrected chi connectivity index (χ3v) is 20.3. The van der Waals surface area contributed by atoms with Crippen molar-refractivity contribution in [3.8, 4) is 74.6 Å². The molecule has 44 heteroatoms. The number of fused-ring (bicyclic) bond motifs is 1. The number of hydrogen-bond acceptors (Lipinski definition) is 43. The van der Waals surface area contributed by atoms with Crippen LogP contribution in [0.3, 0.4) is 0 Å². The van der Waals surface area contributed by atoms with Crippen molar-refractivity contribution in [1.29, 1.82) is 0 Å². The van der Waals surface area contributed by atoms with Crippen molar-refractivity contribution in [3.63, 3.8) is 0 Å². The van der Waals surface area contributed by atoms with E-state index in [9.17, 15) is 137 Å². The fourth-order valence-corrected chi connectivity index (χ4v) is 13.4. The molecule has 0 amide bonds. The van der Waals surface area contributed by atoms with Crippen molar-refractivity contribution in [2.75, 3.05) is 46.8 Å². The SMILES string of the molecule is COc1cc(/C=C/C(=O)OC[C@H]2O[C@@H](Oc3cc4c(O[C@@H]5O[C@H](CO)[C@@H](O)[C@H](O)[C@H]5O)cc(O)cc4[o+]c3-c3ccc(O)c(O)c3)[C@H](O[C@@H]3OC[C@@H](O)[C@H](O)[C@H]3OC(=O)/C=C/c3ccc(O[C@@H]4O[C@H](COC(=O)/C=C/c5ccc(O[C@@H]6O[C@H](CO)[C@@H](O)[C@H](O)[C@H]6O)c(O)c5)[C@@H](O)[C@H](O)[C@H]4O)c(O)c3)[C@@H](O)[C@@H]2O)ccc1O[C@@H]1O[C@H](CO)[C@@H](O)[C@H](O)[C@H]1O. The molecule has 6 aliphatic rings. The van der Waals surface area contributed by atoms with E-state index in [1.54, 1.807) is 0 Å². The predicted octanol–water partition coefficient (Wildman–Crippen LogP) is -5.93. The summed E-state index contributed by atoms with van der Waals surface area (Å²) < 4.78 is 97.5. The molecule has 24 N–H and O–H groups in total. The van der Waals surface area contributed by atoms with Crippen LogP contribution in [0.5, 0.6) is 63.2 Å². The van der Waals surface area contributed by atoms with Gasteiger partial charge in [-0.3, -0.25) is 0 Å². The second kappa shape index (κ2) is 39.6. The Kier molecular flexibility index (Phi) is 29.6. The molecule has 0 saturated carbocycles. The van der Waals surface area contributed by atoms with Gasteiger partial charge in [0.15, 0.2) is 64.5 Å². The van der Waals surface area contributed by atoms with Crippen LogP contribution < -0.4 is 28.4 Å². The maximum absolute atomic E-state index is 13.9. The highest BCUT2D eigenvalue weighted by atomic mass is 16.8. The molecule has 0 unspecified atom stereocenters. The van der Waals surface area contributed by atoms with Crippen LogP contribution in [0.15, 0.2) is 114 Å². The largest absolute Gasteiger partial charge is 0.507 e. The van der Waals surface area contributed by atoms with E-state index in [2.05, 4.69) is 0 Å². The molecule has 0 radical (unpaired) electrons. The van der Waals surface area contributed by atoms with Crippen LogP contribution in [0.1, 0.15) is 16.7 Å². The van der Waals surface area contributed by atoms with E-state index < -0.39 is 287 Å². The van der Waals surface area contributed by atoms with Crippen LogP contribution in [0.4, 0.5) is 0 Å². The van der Waals surface area contributed by atoms with E-state index in [1.165, 1.54) is 61.7 Å². The van der Waals surface area contributed by atoms with Gasteiger partial charge in [-0.2, -0.15) is 0 Å². The highest BCUT2D eigenvalue weighted by molar-refractivity contribution is 5.90. The van der Waals surface area contributed by atoms with Gasteiger partial charge in [0.05, 0.1) is 45.2 Å². The second-order valence-corrected chi connectivity index (χ2v) is 28.6. The minimum atomic E-state index is -2.29. The van der Waals surface area contributed by atoms with Gasteiger partial charge in [0, 0.05) is 36.4 Å². The molecule has 0 bridgehead atoms. The van der Waals surface area contributed by atoms with Crippen LogP contribution in [0.2, 0.25) is 0 Å². The maximum Gasteiger partial charge on any atom is 0.402 e. The number of rotatable bonds is 28. The summed E-state index contributed by atoms with van der Waals surface area (Å²) in [6, 6.07) is 17.5. The Labute approximate surface area is 687 Å². The summed E-state index contributed by atoms with van der Waals surface area (Å²) in [7, 11) is 1.25. The molecule has 44 nitrogen and oxygen atoms in total. The topological polar surface area (TPSA) is 696 Å². The fourth-order valence-electron chi connectivity index (χ4n) is 13.4. The minimum Gasteiger partial charge on any atom is -0.507 e. The smallest absolute Gasteiger partial charge is 0.402 e. The van der Waals surface area contributed by atoms with E-state index in [4.69, 9.17) is 80.2 Å². The maximum atomic E-state index is 13.9. The molecule has 122 heavy (non-hydrogen) atoms. The summed E-state index contributed by atoms with van der Waals surface area (Å²) in [4.78, 5) is 40.3. The zero-order valence-corrected chi connectivity index (χ0v) is 63.5. The Morgan fingerprint density at radius 1 is 0.385 bits per heavy atom. The number of aliphatic hydroxyl groups excluding tert-OH is 19. The molecule has 12 rings (SSSR count). The summed E-state index contributed by atoms with van der Waals surface area (Å²) in [6.07, 6.45) is -47.6. The van der Waals surface area contributed by atoms with E-state index in [0.717, 1.165) is 72.8 Å². The number of methoxy groups -OCH3 is 1. The Bertz CT molecular complexity index is 4690. The number of phenols is 5. The molecule has 6 fully saturated rings. The van der Waals surface area contributed by atoms with Crippen molar-refractivity contribution < 1.29 is 217 Å². The van der Waals surface area contributed by atoms with Crippen molar-refractivity contribution in [2.24, 2.45) is 0 Å². The lowest BCUT2D eigenvalue weighted by atomic mass is 9.98. The molecule has 6 aromatic rings. The Balaban J connectivity index is 0.750. The molecule has 0 aliphatic carbocycles. The van der Waals surface area contributed by atoms with E-state index in [-0.39, 0.29) is 50.5 Å². The van der Waals surface area contributed by atoms with Gasteiger partial charge in [0.25, 0.3) is 0 Å². The first-order valence-electron chi connectivity index (χ1n) is 37.3. The summed E-state index contributed by atoms with van der Waals surface area (Å²) in [6.45, 7) is -4.84. The Hall–Kier alpha value is -10.1. The average molecular weight is 1730 g/mol. The van der Waals surface area contributed by atoms with Gasteiger partial charge >= 0.3 is 29.3 Å². The number of ether oxygens (including phenoxy) is 16. The van der Waals surface area contributed by atoms with E-state index >= 15 is 0 Å². The summed E-state index contributed by atoms with van der Waals surface area (Å²) in [5.74, 6) is -8.77. The molecule has 664 valence electrons. The minimum absolute atomic E-state index is 0.00748. The number of aliphatic hydroxyl groups is 19. The lowest BCUT2D eigenvalue weighted by Gasteiger charge is -2.45. The number of hydrogen-bond donors (Lipinski definition) is 24. The van der Waals surface area contributed by atoms with Gasteiger partial charge in [0.1, 0.15) is 158 Å². The monoisotopic (exact) mass is 1730 g/mol. The van der Waals surface area contributed by atoms with Crippen molar-refractivity contribution in [3.05, 3.63) is 126 Å². The Morgan fingerprint density at radius 3 is 1.29 bits per heavy atom. The number of aromatic hydroxyl groups is 5. The number of carbonyl (C=O) groups excluding carboxylic acids is 3. The summed E-state index contributed by atoms with van der Waals surface area (Å²) >= 11 is 0. The molecule has 1 aromatic heterocycles. The number of benzene rings is 5. The molecule has 5 aromatic carbocycles. The predicted molar refractivity (Wildman–Crippen MR) is 398 cm³/mol. The average Bonchev–Trinajstić information content (AvgIpc) is 0.758. The third-order valence-electron chi connectivity index (χ3n) is 20.3. The molecular weight excluding hydrogens is 1640 g/mol. The van der Waals surface area contributed by atoms with E-state index in [0.29, 0.717) is 0 Å². The number of esters is 3. The van der Waals surface area contributed by atoms with Crippen LogP contribution in [-0.4, -0.2) is 365 Å².